The Balaban J connectivity index is 1.37. The predicted molar refractivity (Wildman–Crippen MR) is 139 cm³/mol. The molecule has 0 unspecified atom stereocenters. The number of methoxy groups -OCH3 is 1. The molecule has 0 saturated carbocycles. The zero-order valence-corrected chi connectivity index (χ0v) is 20.2. The molecule has 0 saturated heterocycles. The lowest BCUT2D eigenvalue weighted by Crippen LogP contribution is -2.07. The van der Waals surface area contributed by atoms with E-state index in [2.05, 4.69) is 29.5 Å². The van der Waals surface area contributed by atoms with Crippen LogP contribution in [0.2, 0.25) is 0 Å². The van der Waals surface area contributed by atoms with Crippen LogP contribution in [-0.4, -0.2) is 22.8 Å². The second-order valence-electron chi connectivity index (χ2n) is 8.35. The highest BCUT2D eigenvalue weighted by atomic mass is 16.5. The number of nitrogens with one attached hydrogen (secondary N) is 1. The fourth-order valence-electron chi connectivity index (χ4n) is 3.71. The summed E-state index contributed by atoms with van der Waals surface area (Å²) in [4.78, 5) is 12.5. The van der Waals surface area contributed by atoms with Crippen LogP contribution in [0.5, 0.6) is 11.5 Å². The first-order valence-corrected chi connectivity index (χ1v) is 11.4. The van der Waals surface area contributed by atoms with Crippen LogP contribution >= 0.6 is 0 Å². The van der Waals surface area contributed by atoms with Crippen molar-refractivity contribution in [1.82, 2.24) is 9.78 Å². The molecule has 4 aromatic rings. The summed E-state index contributed by atoms with van der Waals surface area (Å²) in [5.74, 6) is 1.31. The number of carbonyl (C=O) groups excluding carboxylic acids is 1. The van der Waals surface area contributed by atoms with Gasteiger partial charge in [-0.1, -0.05) is 42.5 Å². The molecule has 1 heterocycles. The third kappa shape index (κ3) is 6.60. The summed E-state index contributed by atoms with van der Waals surface area (Å²) in [7, 11) is 1.63. The van der Waals surface area contributed by atoms with E-state index < -0.39 is 0 Å². The summed E-state index contributed by atoms with van der Waals surface area (Å²) in [5.41, 5.74) is 5.95. The van der Waals surface area contributed by atoms with Crippen molar-refractivity contribution in [3.05, 3.63) is 113 Å². The van der Waals surface area contributed by atoms with Gasteiger partial charge in [0.25, 0.3) is 0 Å². The molecule has 0 bridgehead atoms. The van der Waals surface area contributed by atoms with E-state index in [0.29, 0.717) is 18.8 Å². The number of anilines is 1. The van der Waals surface area contributed by atoms with Gasteiger partial charge in [-0.3, -0.25) is 9.48 Å². The number of hydrogen-bond donors (Lipinski definition) is 1. The number of aryl methyl sites for hydroxylation is 2. The summed E-state index contributed by atoms with van der Waals surface area (Å²) in [6.45, 7) is 5.11. The third-order valence-electron chi connectivity index (χ3n) is 5.61. The zero-order valence-electron chi connectivity index (χ0n) is 20.2. The largest absolute Gasteiger partial charge is 0.496 e. The van der Waals surface area contributed by atoms with Crippen LogP contribution in [0.3, 0.4) is 0 Å². The maximum Gasteiger partial charge on any atom is 0.248 e. The van der Waals surface area contributed by atoms with Crippen LogP contribution in [0.1, 0.15) is 27.8 Å². The molecule has 35 heavy (non-hydrogen) atoms. The van der Waals surface area contributed by atoms with Crippen molar-refractivity contribution in [2.75, 3.05) is 12.4 Å². The fraction of sp³-hybridized carbons (Fsp3) is 0.172. The molecule has 3 aromatic carbocycles. The van der Waals surface area contributed by atoms with Crippen molar-refractivity contribution in [3.8, 4) is 11.5 Å². The molecular weight excluding hydrogens is 438 g/mol. The van der Waals surface area contributed by atoms with Gasteiger partial charge in [-0.05, 0) is 66.4 Å². The van der Waals surface area contributed by atoms with Gasteiger partial charge < -0.3 is 14.8 Å². The number of rotatable bonds is 9. The van der Waals surface area contributed by atoms with Crippen molar-refractivity contribution >= 4 is 17.7 Å². The summed E-state index contributed by atoms with van der Waals surface area (Å²) in [6, 6.07) is 21.8. The van der Waals surface area contributed by atoms with Gasteiger partial charge in [0, 0.05) is 17.8 Å². The number of nitrogens with zero attached hydrogens (tertiary/aromatic N) is 2. The quantitative estimate of drug-likeness (QED) is 0.317. The molecule has 1 amide bonds. The number of aromatic nitrogens is 2. The topological polar surface area (TPSA) is 65.4 Å². The molecule has 1 aromatic heterocycles. The Labute approximate surface area is 205 Å². The highest BCUT2D eigenvalue weighted by Gasteiger charge is 2.07. The minimum Gasteiger partial charge on any atom is -0.496 e. The first-order chi connectivity index (χ1) is 17.0. The van der Waals surface area contributed by atoms with Crippen molar-refractivity contribution in [2.45, 2.75) is 27.0 Å². The van der Waals surface area contributed by atoms with Gasteiger partial charge >= 0.3 is 0 Å². The summed E-state index contributed by atoms with van der Waals surface area (Å²) >= 11 is 0. The molecule has 0 aliphatic carbocycles. The lowest BCUT2D eigenvalue weighted by atomic mass is 10.1. The smallest absolute Gasteiger partial charge is 0.248 e. The van der Waals surface area contributed by atoms with E-state index >= 15 is 0 Å². The Bertz CT molecular complexity index is 1340. The number of carbonyl (C=O) groups is 1. The molecule has 6 nitrogen and oxygen atoms in total. The van der Waals surface area contributed by atoms with Gasteiger partial charge in [-0.15, -0.1) is 0 Å². The normalized spacial score (nSPS) is 10.9. The average Bonchev–Trinajstić information content (AvgIpc) is 3.29. The summed E-state index contributed by atoms with van der Waals surface area (Å²) < 4.78 is 13.2. The minimum atomic E-state index is -0.228. The van der Waals surface area contributed by atoms with E-state index in [9.17, 15) is 4.79 Å². The minimum absolute atomic E-state index is 0.228. The second kappa shape index (κ2) is 11.2. The molecule has 0 aliphatic heterocycles. The van der Waals surface area contributed by atoms with Crippen molar-refractivity contribution in [1.29, 1.82) is 0 Å². The SMILES string of the molecule is COc1ccc(/C=C/C(=O)Nc2cnn(Cc3ccccc3C)c2)cc1COc1cccc(C)c1. The molecule has 0 atom stereocenters. The Morgan fingerprint density at radius 1 is 1.03 bits per heavy atom. The molecule has 0 radical (unpaired) electrons. The second-order valence-corrected chi connectivity index (χ2v) is 8.35. The van der Waals surface area contributed by atoms with E-state index in [1.54, 1.807) is 19.4 Å². The Hall–Kier alpha value is -4.32. The number of amides is 1. The van der Waals surface area contributed by atoms with Crippen LogP contribution in [-0.2, 0) is 17.9 Å². The molecule has 1 N–H and O–H groups in total. The lowest BCUT2D eigenvalue weighted by molar-refractivity contribution is -0.111. The first kappa shape index (κ1) is 23.8. The van der Waals surface area contributed by atoms with E-state index in [0.717, 1.165) is 28.2 Å². The van der Waals surface area contributed by atoms with Crippen molar-refractivity contribution in [3.63, 3.8) is 0 Å². The van der Waals surface area contributed by atoms with Gasteiger partial charge in [0.05, 0.1) is 25.5 Å². The fourth-order valence-corrected chi connectivity index (χ4v) is 3.71. The Morgan fingerprint density at radius 3 is 2.69 bits per heavy atom. The monoisotopic (exact) mass is 467 g/mol. The standard InChI is InChI=1S/C29H29N3O3/c1-21-7-6-10-27(15-21)35-20-25-16-23(11-13-28(25)34-3)12-14-29(33)31-26-17-30-32(19-26)18-24-9-5-4-8-22(24)2/h4-17,19H,18,20H2,1-3H3,(H,31,33)/b14-12+. The highest BCUT2D eigenvalue weighted by molar-refractivity contribution is 6.01. The molecule has 6 heteroatoms. The van der Waals surface area contributed by atoms with E-state index in [-0.39, 0.29) is 5.91 Å². The van der Waals surface area contributed by atoms with Gasteiger partial charge in [0.1, 0.15) is 18.1 Å². The number of ether oxygens (including phenoxy) is 2. The molecule has 178 valence electrons. The van der Waals surface area contributed by atoms with Gasteiger partial charge in [0.2, 0.25) is 5.91 Å². The van der Waals surface area contributed by atoms with Crippen LogP contribution in [0.4, 0.5) is 5.69 Å². The predicted octanol–water partition coefficient (Wildman–Crippen LogP) is 5.79. The van der Waals surface area contributed by atoms with Crippen LogP contribution in [0, 0.1) is 13.8 Å². The summed E-state index contributed by atoms with van der Waals surface area (Å²) in [5, 5.41) is 7.22. The Morgan fingerprint density at radius 2 is 1.89 bits per heavy atom. The van der Waals surface area contributed by atoms with Crippen molar-refractivity contribution < 1.29 is 14.3 Å². The van der Waals surface area contributed by atoms with Crippen LogP contribution in [0.15, 0.2) is 85.2 Å². The molecule has 0 spiro atoms. The number of hydrogen-bond acceptors (Lipinski definition) is 4. The molecule has 0 fully saturated rings. The van der Waals surface area contributed by atoms with Crippen LogP contribution < -0.4 is 14.8 Å². The summed E-state index contributed by atoms with van der Waals surface area (Å²) in [6.07, 6.45) is 6.75. The van der Waals surface area contributed by atoms with Gasteiger partial charge in [0.15, 0.2) is 0 Å². The third-order valence-corrected chi connectivity index (χ3v) is 5.61. The van der Waals surface area contributed by atoms with E-state index in [4.69, 9.17) is 9.47 Å². The van der Waals surface area contributed by atoms with E-state index in [1.165, 1.54) is 17.2 Å². The van der Waals surface area contributed by atoms with E-state index in [1.807, 2.05) is 72.4 Å². The Kier molecular flexibility index (Phi) is 7.63. The lowest BCUT2D eigenvalue weighted by Gasteiger charge is -2.11. The molecule has 4 rings (SSSR count). The van der Waals surface area contributed by atoms with Gasteiger partial charge in [-0.2, -0.15) is 5.10 Å². The average molecular weight is 468 g/mol. The van der Waals surface area contributed by atoms with Crippen molar-refractivity contribution in [2.24, 2.45) is 0 Å². The highest BCUT2D eigenvalue weighted by Crippen LogP contribution is 2.23. The first-order valence-electron chi connectivity index (χ1n) is 11.4. The number of benzene rings is 3. The maximum absolute atomic E-state index is 12.5. The zero-order chi connectivity index (χ0) is 24.6. The van der Waals surface area contributed by atoms with Crippen LogP contribution in [0.25, 0.3) is 6.08 Å². The molecule has 0 aliphatic rings. The van der Waals surface area contributed by atoms with Gasteiger partial charge in [-0.25, -0.2) is 0 Å². The maximum atomic E-state index is 12.5. The molecular formula is C29H29N3O3.